The summed E-state index contributed by atoms with van der Waals surface area (Å²) in [5.41, 5.74) is 10.5. The lowest BCUT2D eigenvalue weighted by atomic mass is 10.1. The Morgan fingerprint density at radius 3 is 2.61 bits per heavy atom. The number of nitrogens with zero attached hydrogens (tertiary/aromatic N) is 4. The van der Waals surface area contributed by atoms with Crippen LogP contribution in [0, 0.1) is 0 Å². The second kappa shape index (κ2) is 7.77. The summed E-state index contributed by atoms with van der Waals surface area (Å²) in [6.45, 7) is 3.25. The Hall–Kier alpha value is -3.85. The first-order valence-electron chi connectivity index (χ1n) is 10.1. The quantitative estimate of drug-likeness (QED) is 0.467. The summed E-state index contributed by atoms with van der Waals surface area (Å²) < 4.78 is 7.00. The Bertz CT molecular complexity index is 1290. The summed E-state index contributed by atoms with van der Waals surface area (Å²) in [6, 6.07) is 13.7. The molecule has 1 aliphatic heterocycles. The van der Waals surface area contributed by atoms with Gasteiger partial charge in [-0.3, -0.25) is 4.79 Å². The van der Waals surface area contributed by atoms with Crippen molar-refractivity contribution in [2.45, 2.75) is 0 Å². The molecule has 3 heterocycles. The largest absolute Gasteiger partial charge is 0.378 e. The number of H-pyrrole nitrogens is 1. The van der Waals surface area contributed by atoms with Crippen LogP contribution in [0.3, 0.4) is 0 Å². The summed E-state index contributed by atoms with van der Waals surface area (Å²) in [6.07, 6.45) is 1.67. The molecule has 9 nitrogen and oxygen atoms in total. The number of nitrogens with two attached hydrogens (primary N) is 1. The van der Waals surface area contributed by atoms with Crippen LogP contribution in [0.4, 0.5) is 23.1 Å². The molecule has 0 bridgehead atoms. The molecule has 158 valence electrons. The first kappa shape index (κ1) is 19.1. The number of nitrogen functional groups attached to an aromatic ring is 1. The third-order valence-electron chi connectivity index (χ3n) is 5.49. The van der Waals surface area contributed by atoms with Crippen LogP contribution in [0.15, 0.2) is 53.5 Å². The van der Waals surface area contributed by atoms with E-state index in [0.717, 1.165) is 54.5 Å². The third-order valence-corrected chi connectivity index (χ3v) is 5.49. The summed E-state index contributed by atoms with van der Waals surface area (Å²) in [4.78, 5) is 26.8. The zero-order chi connectivity index (χ0) is 21.4. The van der Waals surface area contributed by atoms with Crippen molar-refractivity contribution in [3.63, 3.8) is 0 Å². The van der Waals surface area contributed by atoms with Gasteiger partial charge in [-0.15, -0.1) is 0 Å². The molecule has 0 aliphatic carbocycles. The van der Waals surface area contributed by atoms with E-state index in [2.05, 4.69) is 25.2 Å². The molecule has 0 unspecified atom stereocenters. The van der Waals surface area contributed by atoms with E-state index in [0.29, 0.717) is 11.5 Å². The van der Waals surface area contributed by atoms with Gasteiger partial charge in [-0.25, -0.2) is 9.97 Å². The number of morpholine rings is 1. The van der Waals surface area contributed by atoms with Gasteiger partial charge in [0.25, 0.3) is 5.56 Å². The summed E-state index contributed by atoms with van der Waals surface area (Å²) in [5.74, 6) is 0.633. The number of benzene rings is 2. The van der Waals surface area contributed by atoms with Crippen LogP contribution in [0.25, 0.3) is 22.3 Å². The number of aromatic nitrogens is 4. The molecule has 0 amide bonds. The standard InChI is InChI=1S/C22H23N7O2/c1-28-19-12-14(18-13-24-22(23)27-18)2-7-17(19)26-20(21(28)30)25-15-3-5-16(6-4-15)29-8-10-31-11-9-29/h2-7,12-13H,8-11H2,1H3,(H,25,26)(H3,23,24,27). The van der Waals surface area contributed by atoms with Gasteiger partial charge in [0.05, 0.1) is 36.1 Å². The van der Waals surface area contributed by atoms with E-state index in [4.69, 9.17) is 10.5 Å². The van der Waals surface area contributed by atoms with Crippen molar-refractivity contribution in [3.8, 4) is 11.3 Å². The van der Waals surface area contributed by atoms with Crippen molar-refractivity contribution in [3.05, 3.63) is 59.0 Å². The van der Waals surface area contributed by atoms with E-state index in [-0.39, 0.29) is 11.4 Å². The molecule has 1 saturated heterocycles. The van der Waals surface area contributed by atoms with E-state index in [1.54, 1.807) is 17.8 Å². The number of nitrogens with one attached hydrogen (secondary N) is 2. The molecule has 31 heavy (non-hydrogen) atoms. The molecule has 0 spiro atoms. The molecule has 1 aliphatic rings. The highest BCUT2D eigenvalue weighted by molar-refractivity contribution is 5.82. The molecule has 1 fully saturated rings. The first-order chi connectivity index (χ1) is 15.1. The maximum Gasteiger partial charge on any atom is 0.293 e. The molecule has 0 saturated carbocycles. The summed E-state index contributed by atoms with van der Waals surface area (Å²) in [7, 11) is 1.74. The van der Waals surface area contributed by atoms with Crippen LogP contribution in [0.5, 0.6) is 0 Å². The topological polar surface area (TPSA) is 114 Å². The summed E-state index contributed by atoms with van der Waals surface area (Å²) >= 11 is 0. The molecule has 0 radical (unpaired) electrons. The van der Waals surface area contributed by atoms with Crippen LogP contribution in [0.2, 0.25) is 0 Å². The first-order valence-corrected chi connectivity index (χ1v) is 10.1. The normalized spacial score (nSPS) is 14.2. The predicted octanol–water partition coefficient (Wildman–Crippen LogP) is 2.49. The minimum Gasteiger partial charge on any atom is -0.378 e. The number of rotatable bonds is 4. The predicted molar refractivity (Wildman–Crippen MR) is 122 cm³/mol. The number of aryl methyl sites for hydroxylation is 1. The maximum absolute atomic E-state index is 12.9. The van der Waals surface area contributed by atoms with Crippen LogP contribution >= 0.6 is 0 Å². The molecule has 0 atom stereocenters. The van der Waals surface area contributed by atoms with E-state index < -0.39 is 0 Å². The highest BCUT2D eigenvalue weighted by Crippen LogP contribution is 2.24. The van der Waals surface area contributed by atoms with Gasteiger partial charge in [-0.2, -0.15) is 0 Å². The zero-order valence-electron chi connectivity index (χ0n) is 17.1. The van der Waals surface area contributed by atoms with Crippen LogP contribution in [0.1, 0.15) is 0 Å². The third kappa shape index (κ3) is 3.71. The Labute approximate surface area is 178 Å². The lowest BCUT2D eigenvalue weighted by molar-refractivity contribution is 0.122. The molecule has 4 N–H and O–H groups in total. The van der Waals surface area contributed by atoms with Crippen LogP contribution in [-0.4, -0.2) is 45.8 Å². The van der Waals surface area contributed by atoms with Crippen molar-refractivity contribution in [1.82, 2.24) is 19.5 Å². The van der Waals surface area contributed by atoms with Crippen LogP contribution in [-0.2, 0) is 11.8 Å². The fraction of sp³-hybridized carbons (Fsp3) is 0.227. The van der Waals surface area contributed by atoms with Crippen molar-refractivity contribution in [2.24, 2.45) is 7.05 Å². The van der Waals surface area contributed by atoms with E-state index in [9.17, 15) is 4.79 Å². The lowest BCUT2D eigenvalue weighted by Crippen LogP contribution is -2.36. The van der Waals surface area contributed by atoms with Gasteiger partial charge in [0.15, 0.2) is 11.8 Å². The number of anilines is 4. The molecule has 4 aromatic rings. The minimum absolute atomic E-state index is 0.203. The van der Waals surface area contributed by atoms with Crippen molar-refractivity contribution >= 4 is 34.2 Å². The highest BCUT2D eigenvalue weighted by Gasteiger charge is 2.13. The number of fused-ring (bicyclic) bond motifs is 1. The second-order valence-corrected chi connectivity index (χ2v) is 7.48. The zero-order valence-corrected chi connectivity index (χ0v) is 17.1. The molecular formula is C22H23N7O2. The minimum atomic E-state index is -0.203. The van der Waals surface area contributed by atoms with Gasteiger partial charge in [-0.05, 0) is 36.4 Å². The molecular weight excluding hydrogens is 394 g/mol. The summed E-state index contributed by atoms with van der Waals surface area (Å²) in [5, 5.41) is 3.16. The van der Waals surface area contributed by atoms with Crippen molar-refractivity contribution < 1.29 is 4.74 Å². The van der Waals surface area contributed by atoms with Gasteiger partial charge >= 0.3 is 0 Å². The Kier molecular flexibility index (Phi) is 4.79. The Morgan fingerprint density at radius 1 is 1.13 bits per heavy atom. The molecule has 5 rings (SSSR count). The van der Waals surface area contributed by atoms with Crippen molar-refractivity contribution in [2.75, 3.05) is 42.3 Å². The van der Waals surface area contributed by atoms with Crippen molar-refractivity contribution in [1.29, 1.82) is 0 Å². The van der Waals surface area contributed by atoms with E-state index in [1.165, 1.54) is 0 Å². The average Bonchev–Trinajstić information content (AvgIpc) is 3.24. The van der Waals surface area contributed by atoms with Gasteiger partial charge < -0.3 is 30.2 Å². The smallest absolute Gasteiger partial charge is 0.293 e. The maximum atomic E-state index is 12.9. The second-order valence-electron chi connectivity index (χ2n) is 7.48. The Morgan fingerprint density at radius 2 is 1.90 bits per heavy atom. The number of aromatic amines is 1. The van der Waals surface area contributed by atoms with Gasteiger partial charge in [0, 0.05) is 37.1 Å². The number of hydrogen-bond acceptors (Lipinski definition) is 7. The average molecular weight is 417 g/mol. The number of imidazole rings is 1. The van der Waals surface area contributed by atoms with Crippen LogP contribution < -0.4 is 21.5 Å². The van der Waals surface area contributed by atoms with Gasteiger partial charge in [0.1, 0.15) is 0 Å². The monoisotopic (exact) mass is 417 g/mol. The number of hydrogen-bond donors (Lipinski definition) is 3. The fourth-order valence-corrected chi connectivity index (χ4v) is 3.77. The fourth-order valence-electron chi connectivity index (χ4n) is 3.77. The SMILES string of the molecule is Cn1c(=O)c(Nc2ccc(N3CCOCC3)cc2)nc2ccc(-c3cnc(N)[nH]3)cc21. The van der Waals surface area contributed by atoms with Gasteiger partial charge in [-0.1, -0.05) is 6.07 Å². The van der Waals surface area contributed by atoms with E-state index in [1.807, 2.05) is 42.5 Å². The lowest BCUT2D eigenvalue weighted by Gasteiger charge is -2.28. The number of ether oxygens (including phenoxy) is 1. The van der Waals surface area contributed by atoms with Gasteiger partial charge in [0.2, 0.25) is 0 Å². The molecule has 2 aromatic heterocycles. The van der Waals surface area contributed by atoms with E-state index >= 15 is 0 Å². The molecule has 9 heteroatoms. The highest BCUT2D eigenvalue weighted by atomic mass is 16.5. The Balaban J connectivity index is 1.43. The molecule has 2 aromatic carbocycles.